The van der Waals surface area contributed by atoms with Gasteiger partial charge in [-0.2, -0.15) is 0 Å². The van der Waals surface area contributed by atoms with Gasteiger partial charge in [0.25, 0.3) is 0 Å². The van der Waals surface area contributed by atoms with Crippen LogP contribution < -0.4 is 0 Å². The molecule has 6 aromatic carbocycles. The van der Waals surface area contributed by atoms with E-state index in [1.165, 1.54) is 65.9 Å². The van der Waals surface area contributed by atoms with Crippen molar-refractivity contribution >= 4 is 49.7 Å². The lowest BCUT2D eigenvalue weighted by Crippen LogP contribution is -2.10. The van der Waals surface area contributed by atoms with Gasteiger partial charge in [-0.05, 0) is 147 Å². The van der Waals surface area contributed by atoms with E-state index < -0.39 is 0 Å². The van der Waals surface area contributed by atoms with Crippen molar-refractivity contribution in [2.24, 2.45) is 0 Å². The first-order chi connectivity index (χ1) is 27.3. The summed E-state index contributed by atoms with van der Waals surface area (Å²) in [6, 6.07) is 45.5. The largest absolute Gasteiger partial charge is 0.309 e. The smallest absolute Gasteiger partial charge is 0.0541 e. The predicted molar refractivity (Wildman–Crippen MR) is 252 cm³/mol. The molecule has 2 nitrogen and oxygen atoms in total. The van der Waals surface area contributed by atoms with E-state index in [-0.39, 0.29) is 21.7 Å². The number of fused-ring (bicyclic) bond motifs is 6. The van der Waals surface area contributed by atoms with Crippen LogP contribution in [-0.4, -0.2) is 9.13 Å². The molecule has 0 aliphatic rings. The van der Waals surface area contributed by atoms with Crippen LogP contribution in [0.25, 0.3) is 61.1 Å². The molecule has 292 valence electrons. The van der Waals surface area contributed by atoms with Crippen molar-refractivity contribution in [3.63, 3.8) is 0 Å². The van der Waals surface area contributed by atoms with Crippen molar-refractivity contribution in [2.45, 2.75) is 105 Å². The van der Waals surface area contributed by atoms with Gasteiger partial charge in [-0.3, -0.25) is 0 Å². The zero-order valence-electron chi connectivity index (χ0n) is 36.6. The van der Waals surface area contributed by atoms with Crippen LogP contribution in [0.5, 0.6) is 0 Å². The van der Waals surface area contributed by atoms with Crippen molar-refractivity contribution in [2.75, 3.05) is 0 Å². The minimum absolute atomic E-state index is 0.0734. The van der Waals surface area contributed by atoms with Crippen molar-refractivity contribution < 1.29 is 0 Å². The van der Waals surface area contributed by atoms with E-state index in [4.69, 9.17) is 0 Å². The minimum Gasteiger partial charge on any atom is -0.309 e. The normalized spacial score (nSPS) is 13.0. The summed E-state index contributed by atoms with van der Waals surface area (Å²) in [5.41, 5.74) is 15.0. The molecular weight excluding hydrogens is 701 g/mol. The number of benzene rings is 6. The monoisotopic (exact) mass is 758 g/mol. The Morgan fingerprint density at radius 3 is 1.00 bits per heavy atom. The molecule has 0 atom stereocenters. The second kappa shape index (κ2) is 14.0. The molecule has 0 aliphatic carbocycles. The van der Waals surface area contributed by atoms with Crippen LogP contribution in [-0.2, 0) is 21.7 Å². The van der Waals surface area contributed by atoms with Gasteiger partial charge in [0.1, 0.15) is 0 Å². The maximum Gasteiger partial charge on any atom is 0.0541 e. The number of hydrogen-bond donors (Lipinski definition) is 0. The number of allylic oxidation sites excluding steroid dienone is 1. The third-order valence-corrected chi connectivity index (χ3v) is 11.8. The van der Waals surface area contributed by atoms with Crippen LogP contribution in [0, 0.1) is 11.8 Å². The molecule has 0 unspecified atom stereocenters. The van der Waals surface area contributed by atoms with E-state index in [9.17, 15) is 0 Å². The molecule has 0 spiro atoms. The van der Waals surface area contributed by atoms with Gasteiger partial charge >= 0.3 is 0 Å². The Hall–Kier alpha value is -5.78. The maximum absolute atomic E-state index is 3.36. The summed E-state index contributed by atoms with van der Waals surface area (Å²) in [5.74, 6) is 6.65. The van der Waals surface area contributed by atoms with Crippen LogP contribution >= 0.6 is 0 Å². The van der Waals surface area contributed by atoms with Crippen LogP contribution in [0.15, 0.2) is 127 Å². The predicted octanol–water partition coefficient (Wildman–Crippen LogP) is 15.1. The van der Waals surface area contributed by atoms with E-state index in [1.54, 1.807) is 0 Å². The third kappa shape index (κ3) is 7.29. The standard InChI is InChI=1S/C56H58N2/c1-53(2,3)39-21-29-49-45(33-39)46-34-40(54(4,5)6)22-30-50(46)57(49)43-25-17-37(18-26-43)15-13-14-16-38-19-27-44(28-20-38)58-51-31-23-41(55(7,8)9)35-47(51)48-36-42(56(10,11)12)24-32-52(48)58/h13,15,17-36H,1-12H3/b15-13+. The zero-order valence-corrected chi connectivity index (χ0v) is 36.6. The molecular formula is C56H58N2. The Morgan fingerprint density at radius 1 is 0.379 bits per heavy atom. The Kier molecular flexibility index (Phi) is 9.40. The Morgan fingerprint density at radius 2 is 0.690 bits per heavy atom. The van der Waals surface area contributed by atoms with E-state index in [1.807, 2.05) is 6.08 Å². The molecule has 0 radical (unpaired) electrons. The molecule has 58 heavy (non-hydrogen) atoms. The average molecular weight is 759 g/mol. The van der Waals surface area contributed by atoms with Gasteiger partial charge in [-0.15, -0.1) is 0 Å². The van der Waals surface area contributed by atoms with Gasteiger partial charge < -0.3 is 9.13 Å². The summed E-state index contributed by atoms with van der Waals surface area (Å²) in [4.78, 5) is 0. The van der Waals surface area contributed by atoms with Crippen molar-refractivity contribution in [1.29, 1.82) is 0 Å². The van der Waals surface area contributed by atoms with Gasteiger partial charge in [0.15, 0.2) is 0 Å². The fourth-order valence-electron chi connectivity index (χ4n) is 8.16. The first kappa shape index (κ1) is 39.1. The maximum atomic E-state index is 3.36. The molecule has 2 heteroatoms. The van der Waals surface area contributed by atoms with E-state index in [0.717, 1.165) is 22.5 Å². The second-order valence-electron chi connectivity index (χ2n) is 20.3. The summed E-state index contributed by atoms with van der Waals surface area (Å²) in [7, 11) is 0. The molecule has 8 aromatic rings. The Balaban J connectivity index is 1.07. The number of rotatable bonds is 3. The van der Waals surface area contributed by atoms with Crippen LogP contribution in [0.2, 0.25) is 0 Å². The lowest BCUT2D eigenvalue weighted by Gasteiger charge is -2.19. The summed E-state index contributed by atoms with van der Waals surface area (Å²) in [6.45, 7) is 27.5. The first-order valence-corrected chi connectivity index (χ1v) is 20.8. The second-order valence-corrected chi connectivity index (χ2v) is 20.3. The molecule has 0 aliphatic heterocycles. The summed E-state index contributed by atoms with van der Waals surface area (Å²) >= 11 is 0. The molecule has 0 N–H and O–H groups in total. The Bertz CT molecular complexity index is 2790. The molecule has 0 amide bonds. The van der Waals surface area contributed by atoms with E-state index in [2.05, 4.69) is 231 Å². The van der Waals surface area contributed by atoms with Crippen molar-refractivity contribution in [3.8, 4) is 23.2 Å². The molecule has 0 saturated heterocycles. The lowest BCUT2D eigenvalue weighted by atomic mass is 9.85. The molecule has 0 fully saturated rings. The highest BCUT2D eigenvalue weighted by Crippen LogP contribution is 2.39. The SMILES string of the molecule is CC(C)(C)c1ccc2c(c1)c1cc(C(C)(C)C)ccc1n2-c1ccc(C#C/C=C/c2ccc(-n3c4ccc(C(C)(C)C)cc4c4cc(C(C)(C)C)ccc43)cc2)cc1. The summed E-state index contributed by atoms with van der Waals surface area (Å²) in [5, 5.41) is 5.21. The van der Waals surface area contributed by atoms with Crippen molar-refractivity contribution in [3.05, 3.63) is 161 Å². The van der Waals surface area contributed by atoms with Gasteiger partial charge in [0, 0.05) is 38.5 Å². The average Bonchev–Trinajstić information content (AvgIpc) is 3.67. The molecule has 2 heterocycles. The molecule has 8 rings (SSSR count). The van der Waals surface area contributed by atoms with Gasteiger partial charge in [0.2, 0.25) is 0 Å². The van der Waals surface area contributed by atoms with E-state index >= 15 is 0 Å². The lowest BCUT2D eigenvalue weighted by molar-refractivity contribution is 0.590. The third-order valence-electron chi connectivity index (χ3n) is 11.8. The number of nitrogens with zero attached hydrogens (tertiary/aromatic N) is 2. The summed E-state index contributed by atoms with van der Waals surface area (Å²) < 4.78 is 4.81. The van der Waals surface area contributed by atoms with Gasteiger partial charge in [-0.1, -0.05) is 131 Å². The van der Waals surface area contributed by atoms with Crippen molar-refractivity contribution in [1.82, 2.24) is 9.13 Å². The van der Waals surface area contributed by atoms with E-state index in [0.29, 0.717) is 0 Å². The molecule has 0 bridgehead atoms. The highest BCUT2D eigenvalue weighted by Gasteiger charge is 2.22. The Labute approximate surface area is 346 Å². The summed E-state index contributed by atoms with van der Waals surface area (Å²) in [6.07, 6.45) is 4.05. The fourth-order valence-corrected chi connectivity index (χ4v) is 8.16. The first-order valence-electron chi connectivity index (χ1n) is 20.8. The highest BCUT2D eigenvalue weighted by molar-refractivity contribution is 6.11. The van der Waals surface area contributed by atoms with Crippen LogP contribution in [0.3, 0.4) is 0 Å². The van der Waals surface area contributed by atoms with Crippen LogP contribution in [0.4, 0.5) is 0 Å². The van der Waals surface area contributed by atoms with Crippen LogP contribution in [0.1, 0.15) is 116 Å². The zero-order chi connectivity index (χ0) is 41.4. The topological polar surface area (TPSA) is 9.86 Å². The van der Waals surface area contributed by atoms with Gasteiger partial charge in [0.05, 0.1) is 22.1 Å². The minimum atomic E-state index is 0.0734. The highest BCUT2D eigenvalue weighted by atomic mass is 15.0. The van der Waals surface area contributed by atoms with Gasteiger partial charge in [-0.25, -0.2) is 0 Å². The number of aromatic nitrogens is 2. The molecule has 2 aromatic heterocycles. The number of hydrogen-bond acceptors (Lipinski definition) is 0. The fraction of sp³-hybridized carbons (Fsp3) is 0.286. The molecule has 0 saturated carbocycles. The quantitative estimate of drug-likeness (QED) is 0.159.